The Morgan fingerprint density at radius 1 is 0.781 bits per heavy atom. The molecule has 6 heteroatoms. The Morgan fingerprint density at radius 2 is 1.34 bits per heavy atom. The second-order valence-electron chi connectivity index (χ2n) is 8.49. The van der Waals surface area contributed by atoms with Gasteiger partial charge < -0.3 is 9.80 Å². The van der Waals surface area contributed by atoms with Gasteiger partial charge in [0.1, 0.15) is 0 Å². The van der Waals surface area contributed by atoms with Gasteiger partial charge in [-0.15, -0.1) is 0 Å². The Morgan fingerprint density at radius 3 is 1.88 bits per heavy atom. The molecule has 0 unspecified atom stereocenters. The SMILES string of the molecule is Cc1ccccc1CSCCN(Cc1cc(N(C)C)ccn1)Cc1cc(N(C)C)ccn1. The minimum Gasteiger partial charge on any atom is -0.378 e. The molecule has 0 fully saturated rings. The van der Waals surface area contributed by atoms with Crippen LogP contribution in [0.5, 0.6) is 0 Å². The van der Waals surface area contributed by atoms with Gasteiger partial charge in [0.25, 0.3) is 0 Å². The first-order valence-electron chi connectivity index (χ1n) is 11.0. The summed E-state index contributed by atoms with van der Waals surface area (Å²) in [6, 6.07) is 17.1. The molecule has 0 aliphatic heterocycles. The van der Waals surface area contributed by atoms with Crippen molar-refractivity contribution in [1.29, 1.82) is 0 Å². The van der Waals surface area contributed by atoms with Crippen molar-refractivity contribution in [1.82, 2.24) is 14.9 Å². The van der Waals surface area contributed by atoms with Crippen LogP contribution >= 0.6 is 11.8 Å². The van der Waals surface area contributed by atoms with E-state index in [-0.39, 0.29) is 0 Å². The largest absolute Gasteiger partial charge is 0.378 e. The van der Waals surface area contributed by atoms with Crippen LogP contribution in [0.1, 0.15) is 22.5 Å². The number of rotatable bonds is 11. The third-order valence-corrected chi connectivity index (χ3v) is 6.46. The van der Waals surface area contributed by atoms with Crippen LogP contribution in [0, 0.1) is 6.92 Å². The highest BCUT2D eigenvalue weighted by Crippen LogP contribution is 2.19. The molecular weight excluding hydrogens is 414 g/mol. The second-order valence-corrected chi connectivity index (χ2v) is 9.59. The number of hydrogen-bond donors (Lipinski definition) is 0. The van der Waals surface area contributed by atoms with Crippen LogP contribution in [0.25, 0.3) is 0 Å². The van der Waals surface area contributed by atoms with Gasteiger partial charge in [-0.3, -0.25) is 14.9 Å². The Balaban J connectivity index is 1.68. The van der Waals surface area contributed by atoms with Crippen molar-refractivity contribution in [3.05, 3.63) is 83.4 Å². The van der Waals surface area contributed by atoms with Gasteiger partial charge in [0, 0.05) is 83.1 Å². The molecule has 0 aliphatic carbocycles. The minimum atomic E-state index is 0.806. The quantitative estimate of drug-likeness (QED) is 0.389. The van der Waals surface area contributed by atoms with Crippen LogP contribution in [0.2, 0.25) is 0 Å². The Hall–Kier alpha value is -2.57. The van der Waals surface area contributed by atoms with E-state index < -0.39 is 0 Å². The van der Waals surface area contributed by atoms with Crippen LogP contribution in [0.4, 0.5) is 11.4 Å². The molecule has 0 N–H and O–H groups in total. The number of aryl methyl sites for hydroxylation is 1. The average Bonchev–Trinajstić information content (AvgIpc) is 2.78. The molecule has 0 aliphatic rings. The zero-order chi connectivity index (χ0) is 22.9. The molecule has 0 radical (unpaired) electrons. The molecule has 0 bridgehead atoms. The summed E-state index contributed by atoms with van der Waals surface area (Å²) in [7, 11) is 8.26. The highest BCUT2D eigenvalue weighted by Gasteiger charge is 2.11. The van der Waals surface area contributed by atoms with Crippen molar-refractivity contribution < 1.29 is 0 Å². The molecule has 1 aromatic carbocycles. The lowest BCUT2D eigenvalue weighted by Crippen LogP contribution is -2.26. The van der Waals surface area contributed by atoms with Gasteiger partial charge in [-0.05, 0) is 42.3 Å². The third-order valence-electron chi connectivity index (χ3n) is 5.47. The lowest BCUT2D eigenvalue weighted by Gasteiger charge is -2.23. The average molecular weight is 450 g/mol. The second kappa shape index (κ2) is 11.9. The Bertz CT molecular complexity index is 936. The highest BCUT2D eigenvalue weighted by atomic mass is 32.2. The molecule has 170 valence electrons. The number of benzene rings is 1. The molecule has 0 saturated heterocycles. The summed E-state index contributed by atoms with van der Waals surface area (Å²) in [5, 5.41) is 0. The number of nitrogens with zero attached hydrogens (tertiary/aromatic N) is 5. The monoisotopic (exact) mass is 449 g/mol. The lowest BCUT2D eigenvalue weighted by atomic mass is 10.1. The fourth-order valence-electron chi connectivity index (χ4n) is 3.48. The van der Waals surface area contributed by atoms with Gasteiger partial charge in [0.15, 0.2) is 0 Å². The highest BCUT2D eigenvalue weighted by molar-refractivity contribution is 7.98. The van der Waals surface area contributed by atoms with E-state index in [9.17, 15) is 0 Å². The molecule has 3 rings (SSSR count). The third kappa shape index (κ3) is 7.24. The van der Waals surface area contributed by atoms with Crippen molar-refractivity contribution >= 4 is 23.1 Å². The maximum absolute atomic E-state index is 4.63. The summed E-state index contributed by atoms with van der Waals surface area (Å²) >= 11 is 1.99. The Kier molecular flexibility index (Phi) is 8.94. The van der Waals surface area contributed by atoms with E-state index in [1.165, 1.54) is 22.5 Å². The molecule has 3 aromatic rings. The fraction of sp³-hybridized carbons (Fsp3) is 0.385. The van der Waals surface area contributed by atoms with Crippen LogP contribution in [-0.2, 0) is 18.8 Å². The standard InChI is InChI=1S/C26H35N5S/c1-21-8-6-7-9-22(21)20-32-15-14-31(18-23-16-25(29(2)3)10-12-27-23)19-24-17-26(30(4)5)11-13-28-24/h6-13,16-17H,14-15,18-20H2,1-5H3. The van der Waals surface area contributed by atoms with Crippen LogP contribution < -0.4 is 9.80 Å². The number of anilines is 2. The van der Waals surface area contributed by atoms with E-state index in [4.69, 9.17) is 0 Å². The molecule has 32 heavy (non-hydrogen) atoms. The zero-order valence-electron chi connectivity index (χ0n) is 20.0. The molecule has 2 aromatic heterocycles. The summed E-state index contributed by atoms with van der Waals surface area (Å²) in [6.07, 6.45) is 3.81. The van der Waals surface area contributed by atoms with Crippen molar-refractivity contribution in [3.8, 4) is 0 Å². The Labute approximate surface area is 197 Å². The number of hydrogen-bond acceptors (Lipinski definition) is 6. The smallest absolute Gasteiger partial charge is 0.0564 e. The van der Waals surface area contributed by atoms with Crippen LogP contribution in [-0.4, -0.2) is 55.4 Å². The molecule has 5 nitrogen and oxygen atoms in total. The topological polar surface area (TPSA) is 35.5 Å². The van der Waals surface area contributed by atoms with Gasteiger partial charge in [0.05, 0.1) is 11.4 Å². The van der Waals surface area contributed by atoms with Gasteiger partial charge in [-0.25, -0.2) is 0 Å². The maximum atomic E-state index is 4.63. The first-order valence-corrected chi connectivity index (χ1v) is 12.2. The van der Waals surface area contributed by atoms with Crippen LogP contribution in [0.15, 0.2) is 60.9 Å². The van der Waals surface area contributed by atoms with Crippen molar-refractivity contribution in [2.24, 2.45) is 0 Å². The predicted octanol–water partition coefficient (Wildman–Crippen LogP) is 4.85. The molecule has 2 heterocycles. The normalized spacial score (nSPS) is 11.1. The maximum Gasteiger partial charge on any atom is 0.0564 e. The van der Waals surface area contributed by atoms with Crippen molar-refractivity contribution in [3.63, 3.8) is 0 Å². The molecule has 0 atom stereocenters. The predicted molar refractivity (Wildman–Crippen MR) is 139 cm³/mol. The molecule has 0 saturated carbocycles. The summed E-state index contributed by atoms with van der Waals surface area (Å²) in [5.41, 5.74) is 7.32. The summed E-state index contributed by atoms with van der Waals surface area (Å²) < 4.78 is 0. The zero-order valence-corrected chi connectivity index (χ0v) is 20.8. The van der Waals surface area contributed by atoms with E-state index in [0.717, 1.165) is 42.5 Å². The summed E-state index contributed by atoms with van der Waals surface area (Å²) in [4.78, 5) is 16.0. The van der Waals surface area contributed by atoms with Gasteiger partial charge in [-0.1, -0.05) is 24.3 Å². The minimum absolute atomic E-state index is 0.806. The van der Waals surface area contributed by atoms with E-state index >= 15 is 0 Å². The molecular formula is C26H35N5S. The molecule has 0 amide bonds. The molecule has 0 spiro atoms. The summed E-state index contributed by atoms with van der Waals surface area (Å²) in [6.45, 7) is 4.79. The van der Waals surface area contributed by atoms with Gasteiger partial charge in [0.2, 0.25) is 0 Å². The van der Waals surface area contributed by atoms with Crippen molar-refractivity contribution in [2.45, 2.75) is 25.8 Å². The van der Waals surface area contributed by atoms with E-state index in [0.29, 0.717) is 0 Å². The number of pyridine rings is 2. The first-order chi connectivity index (χ1) is 15.4. The van der Waals surface area contributed by atoms with Gasteiger partial charge in [-0.2, -0.15) is 11.8 Å². The lowest BCUT2D eigenvalue weighted by molar-refractivity contribution is 0.267. The van der Waals surface area contributed by atoms with Crippen LogP contribution in [0.3, 0.4) is 0 Å². The van der Waals surface area contributed by atoms with E-state index in [2.05, 4.69) is 96.2 Å². The summed E-state index contributed by atoms with van der Waals surface area (Å²) in [5.74, 6) is 2.11. The van der Waals surface area contributed by atoms with E-state index in [1.54, 1.807) is 0 Å². The number of aromatic nitrogens is 2. The van der Waals surface area contributed by atoms with E-state index in [1.807, 2.05) is 36.3 Å². The number of thioether (sulfide) groups is 1. The fourth-order valence-corrected chi connectivity index (χ4v) is 4.56. The van der Waals surface area contributed by atoms with Crippen molar-refractivity contribution in [2.75, 3.05) is 50.3 Å². The van der Waals surface area contributed by atoms with Gasteiger partial charge >= 0.3 is 0 Å². The first kappa shape index (κ1) is 24.1.